The lowest BCUT2D eigenvalue weighted by atomic mass is 10.0. The molecule has 1 atom stereocenters. The minimum atomic E-state index is -3.83. The van der Waals surface area contributed by atoms with E-state index in [1.54, 1.807) is 50.4 Å². The van der Waals surface area contributed by atoms with Crippen molar-refractivity contribution in [2.75, 3.05) is 19.0 Å². The first kappa shape index (κ1) is 21.0. The van der Waals surface area contributed by atoms with Gasteiger partial charge in [-0.1, -0.05) is 6.92 Å². The van der Waals surface area contributed by atoms with Gasteiger partial charge < -0.3 is 10.1 Å². The molecular weight excluding hydrogens is 392 g/mol. The predicted octanol–water partition coefficient (Wildman–Crippen LogP) is 3.08. The molecule has 0 bridgehead atoms. The molecule has 1 amide bonds. The molecule has 3 rings (SSSR count). The molecule has 1 saturated heterocycles. The number of carbonyl (C=O) groups is 2. The average molecular weight is 416 g/mol. The van der Waals surface area contributed by atoms with Crippen molar-refractivity contribution in [3.8, 4) is 5.75 Å². The molecular formula is C21H24N2O5S. The second kappa shape index (κ2) is 8.75. The van der Waals surface area contributed by atoms with Crippen LogP contribution in [0.3, 0.4) is 0 Å². The van der Waals surface area contributed by atoms with Crippen LogP contribution in [0.5, 0.6) is 5.75 Å². The molecule has 8 heteroatoms. The Hall–Kier alpha value is -2.71. The quantitative estimate of drug-likeness (QED) is 0.700. The first-order chi connectivity index (χ1) is 13.9. The van der Waals surface area contributed by atoms with E-state index in [-0.39, 0.29) is 16.6 Å². The minimum absolute atomic E-state index is 0.0985. The van der Waals surface area contributed by atoms with E-state index in [1.807, 2.05) is 0 Å². The second-order valence-corrected chi connectivity index (χ2v) is 8.68. The Bertz CT molecular complexity index is 985. The van der Waals surface area contributed by atoms with Crippen molar-refractivity contribution in [2.24, 2.45) is 0 Å². The highest BCUT2D eigenvalue weighted by atomic mass is 32.2. The van der Waals surface area contributed by atoms with Crippen molar-refractivity contribution >= 4 is 27.4 Å². The number of rotatable bonds is 7. The molecule has 1 N–H and O–H groups in total. The lowest BCUT2D eigenvalue weighted by Gasteiger charge is -2.23. The second-order valence-electron chi connectivity index (χ2n) is 6.79. The van der Waals surface area contributed by atoms with E-state index >= 15 is 0 Å². The summed E-state index contributed by atoms with van der Waals surface area (Å²) < 4.78 is 32.7. The van der Waals surface area contributed by atoms with Gasteiger partial charge in [0.15, 0.2) is 5.78 Å². The van der Waals surface area contributed by atoms with Crippen LogP contribution >= 0.6 is 0 Å². The van der Waals surface area contributed by atoms with Gasteiger partial charge in [0, 0.05) is 24.2 Å². The third kappa shape index (κ3) is 4.49. The maximum atomic E-state index is 13.1. The molecule has 2 aromatic carbocycles. The van der Waals surface area contributed by atoms with Gasteiger partial charge in [-0.15, -0.1) is 0 Å². The molecule has 1 aliphatic heterocycles. The summed E-state index contributed by atoms with van der Waals surface area (Å²) in [4.78, 5) is 24.5. The number of carbonyl (C=O) groups excluding carboxylic acids is 2. The Balaban J connectivity index is 1.81. The van der Waals surface area contributed by atoms with Crippen molar-refractivity contribution in [3.05, 3.63) is 54.1 Å². The summed E-state index contributed by atoms with van der Waals surface area (Å²) in [6, 6.07) is 11.9. The fourth-order valence-electron chi connectivity index (χ4n) is 3.33. The zero-order valence-electron chi connectivity index (χ0n) is 16.4. The molecule has 1 fully saturated rings. The molecule has 0 saturated carbocycles. The number of nitrogens with zero attached hydrogens (tertiary/aromatic N) is 1. The highest BCUT2D eigenvalue weighted by Crippen LogP contribution is 2.29. The molecule has 0 spiro atoms. The van der Waals surface area contributed by atoms with Gasteiger partial charge in [0.1, 0.15) is 5.75 Å². The number of ether oxygens (including phenoxy) is 1. The van der Waals surface area contributed by atoms with Gasteiger partial charge in [0.05, 0.1) is 18.0 Å². The van der Waals surface area contributed by atoms with Crippen molar-refractivity contribution in [2.45, 2.75) is 37.1 Å². The lowest BCUT2D eigenvalue weighted by Crippen LogP contribution is -2.40. The Morgan fingerprint density at radius 1 is 1.10 bits per heavy atom. The van der Waals surface area contributed by atoms with Crippen LogP contribution in [-0.4, -0.2) is 44.1 Å². The third-order valence-corrected chi connectivity index (χ3v) is 6.87. The monoisotopic (exact) mass is 416 g/mol. The van der Waals surface area contributed by atoms with Gasteiger partial charge in [-0.2, -0.15) is 4.31 Å². The van der Waals surface area contributed by atoms with Gasteiger partial charge in [-0.25, -0.2) is 8.42 Å². The van der Waals surface area contributed by atoms with Crippen molar-refractivity contribution in [1.29, 1.82) is 0 Å². The molecule has 1 heterocycles. The normalized spacial score (nSPS) is 17.1. The fraction of sp³-hybridized carbons (Fsp3) is 0.333. The fourth-order valence-corrected chi connectivity index (χ4v) is 4.99. The van der Waals surface area contributed by atoms with Crippen LogP contribution < -0.4 is 10.1 Å². The third-order valence-electron chi connectivity index (χ3n) is 4.95. The van der Waals surface area contributed by atoms with Crippen LogP contribution in [0.4, 0.5) is 5.69 Å². The summed E-state index contributed by atoms with van der Waals surface area (Å²) in [6.07, 6.45) is 1.44. The van der Waals surface area contributed by atoms with Crippen LogP contribution in [0.25, 0.3) is 0 Å². The Labute approximate surface area is 170 Å². The maximum absolute atomic E-state index is 13.1. The van der Waals surface area contributed by atoms with Crippen LogP contribution in [0.2, 0.25) is 0 Å². The average Bonchev–Trinajstić information content (AvgIpc) is 3.24. The SMILES string of the molecule is CCC(=O)Nc1ccc(S(=O)(=O)N2CCC[C@H]2C(=O)c2ccc(OC)cc2)cc1. The summed E-state index contributed by atoms with van der Waals surface area (Å²) in [7, 11) is -2.29. The van der Waals surface area contributed by atoms with E-state index in [1.165, 1.54) is 16.4 Å². The summed E-state index contributed by atoms with van der Waals surface area (Å²) >= 11 is 0. The number of benzene rings is 2. The molecule has 154 valence electrons. The summed E-state index contributed by atoms with van der Waals surface area (Å²) in [6.45, 7) is 2.03. The van der Waals surface area contributed by atoms with Crippen molar-refractivity contribution in [3.63, 3.8) is 0 Å². The summed E-state index contributed by atoms with van der Waals surface area (Å²) in [5, 5.41) is 2.69. The number of methoxy groups -OCH3 is 1. The van der Waals surface area contributed by atoms with Gasteiger partial charge in [0.25, 0.3) is 0 Å². The van der Waals surface area contributed by atoms with E-state index in [0.29, 0.717) is 42.8 Å². The zero-order chi connectivity index (χ0) is 21.0. The van der Waals surface area contributed by atoms with Crippen LogP contribution in [0.1, 0.15) is 36.5 Å². The molecule has 0 aliphatic carbocycles. The number of anilines is 1. The van der Waals surface area contributed by atoms with E-state index in [2.05, 4.69) is 5.32 Å². The number of hydrogen-bond acceptors (Lipinski definition) is 5. The number of ketones is 1. The number of nitrogens with one attached hydrogen (secondary N) is 1. The number of amides is 1. The largest absolute Gasteiger partial charge is 0.497 e. The van der Waals surface area contributed by atoms with E-state index in [4.69, 9.17) is 4.74 Å². The summed E-state index contributed by atoms with van der Waals surface area (Å²) in [5.74, 6) is 0.263. The van der Waals surface area contributed by atoms with Gasteiger partial charge in [-0.3, -0.25) is 9.59 Å². The highest BCUT2D eigenvalue weighted by molar-refractivity contribution is 7.89. The Kier molecular flexibility index (Phi) is 6.34. The van der Waals surface area contributed by atoms with E-state index in [0.717, 1.165) is 0 Å². The molecule has 0 radical (unpaired) electrons. The minimum Gasteiger partial charge on any atom is -0.497 e. The standard InChI is InChI=1S/C21H24N2O5S/c1-3-20(24)22-16-8-12-18(13-9-16)29(26,27)23-14-4-5-19(23)21(25)15-6-10-17(28-2)11-7-15/h6-13,19H,3-5,14H2,1-2H3,(H,22,24)/t19-/m0/s1. The smallest absolute Gasteiger partial charge is 0.243 e. The Morgan fingerprint density at radius 3 is 2.34 bits per heavy atom. The van der Waals surface area contributed by atoms with Crippen LogP contribution in [-0.2, 0) is 14.8 Å². The number of hydrogen-bond donors (Lipinski definition) is 1. The van der Waals surface area contributed by atoms with Gasteiger partial charge >= 0.3 is 0 Å². The summed E-state index contributed by atoms with van der Waals surface area (Å²) in [5.41, 5.74) is 0.985. The first-order valence-electron chi connectivity index (χ1n) is 9.47. The number of Topliss-reactive ketones (excluding diaryl/α,β-unsaturated/α-hetero) is 1. The van der Waals surface area contributed by atoms with Gasteiger partial charge in [-0.05, 0) is 61.4 Å². The molecule has 7 nitrogen and oxygen atoms in total. The first-order valence-corrected chi connectivity index (χ1v) is 10.9. The predicted molar refractivity (Wildman–Crippen MR) is 110 cm³/mol. The maximum Gasteiger partial charge on any atom is 0.243 e. The molecule has 29 heavy (non-hydrogen) atoms. The van der Waals surface area contributed by atoms with Crippen molar-refractivity contribution in [1.82, 2.24) is 4.31 Å². The van der Waals surface area contributed by atoms with Crippen LogP contribution in [0.15, 0.2) is 53.4 Å². The Morgan fingerprint density at radius 2 is 1.76 bits per heavy atom. The molecule has 0 aromatic heterocycles. The van der Waals surface area contributed by atoms with E-state index < -0.39 is 16.1 Å². The van der Waals surface area contributed by atoms with Crippen molar-refractivity contribution < 1.29 is 22.7 Å². The molecule has 1 aliphatic rings. The molecule has 2 aromatic rings. The topological polar surface area (TPSA) is 92.8 Å². The van der Waals surface area contributed by atoms with Gasteiger partial charge in [0.2, 0.25) is 15.9 Å². The lowest BCUT2D eigenvalue weighted by molar-refractivity contribution is -0.115. The molecule has 0 unspecified atom stereocenters. The highest BCUT2D eigenvalue weighted by Gasteiger charge is 2.39. The van der Waals surface area contributed by atoms with Crippen LogP contribution in [0, 0.1) is 0 Å². The van der Waals surface area contributed by atoms with E-state index in [9.17, 15) is 18.0 Å². The zero-order valence-corrected chi connectivity index (χ0v) is 17.2. The number of sulfonamides is 1.